The highest BCUT2D eigenvalue weighted by molar-refractivity contribution is 9.10. The zero-order valence-corrected chi connectivity index (χ0v) is 18.8. The number of halogens is 1. The van der Waals surface area contributed by atoms with E-state index in [-0.39, 0.29) is 12.6 Å². The normalized spacial score (nSPS) is 10.9. The fraction of sp³-hybridized carbons (Fsp3) is 0.381. The Bertz CT molecular complexity index is 1010. The largest absolute Gasteiger partial charge is 0.471 e. The summed E-state index contributed by atoms with van der Waals surface area (Å²) in [6.07, 6.45) is 2.53. The summed E-state index contributed by atoms with van der Waals surface area (Å²) in [7, 11) is 0. The van der Waals surface area contributed by atoms with Crippen molar-refractivity contribution < 1.29 is 9.53 Å². The van der Waals surface area contributed by atoms with Crippen LogP contribution in [0.4, 0.5) is 0 Å². The highest BCUT2D eigenvalue weighted by Crippen LogP contribution is 2.20. The van der Waals surface area contributed by atoms with E-state index in [9.17, 15) is 4.79 Å². The molecule has 0 aliphatic rings. The molecule has 0 radical (unpaired) electrons. The number of hydrogen-bond donors (Lipinski definition) is 1. The molecular weight excluding hydrogens is 434 g/mol. The lowest BCUT2D eigenvalue weighted by molar-refractivity contribution is 0.0945. The Morgan fingerprint density at radius 1 is 1.17 bits per heavy atom. The summed E-state index contributed by atoms with van der Waals surface area (Å²) in [4.78, 5) is 12.3. The van der Waals surface area contributed by atoms with Gasteiger partial charge in [0.2, 0.25) is 0 Å². The van der Waals surface area contributed by atoms with Gasteiger partial charge in [0.25, 0.3) is 5.91 Å². The van der Waals surface area contributed by atoms with Gasteiger partial charge in [-0.3, -0.25) is 9.48 Å². The summed E-state index contributed by atoms with van der Waals surface area (Å²) in [5, 5.41) is 11.7. The average Bonchev–Trinajstić information content (AvgIpc) is 3.27. The first kappa shape index (κ1) is 21.1. The molecule has 154 valence electrons. The topological polar surface area (TPSA) is 74.0 Å². The highest BCUT2D eigenvalue weighted by Gasteiger charge is 2.11. The van der Waals surface area contributed by atoms with Crippen molar-refractivity contribution in [3.8, 4) is 5.75 Å². The molecule has 0 atom stereocenters. The minimum Gasteiger partial charge on any atom is -0.471 e. The van der Waals surface area contributed by atoms with Crippen LogP contribution in [0, 0.1) is 27.7 Å². The number of carbonyl (C=O) groups excluding carboxylic acids is 1. The fourth-order valence-electron chi connectivity index (χ4n) is 2.97. The molecule has 0 saturated carbocycles. The van der Waals surface area contributed by atoms with Gasteiger partial charge in [0.05, 0.1) is 10.2 Å². The van der Waals surface area contributed by atoms with Crippen LogP contribution in [0.1, 0.15) is 39.4 Å². The van der Waals surface area contributed by atoms with Crippen molar-refractivity contribution in [3.05, 3.63) is 63.1 Å². The van der Waals surface area contributed by atoms with E-state index < -0.39 is 0 Å². The molecule has 0 aliphatic carbocycles. The van der Waals surface area contributed by atoms with Crippen LogP contribution >= 0.6 is 15.9 Å². The SMILES string of the molecule is Cc1ccc(C)c(OCn2ccc(C(=O)NCCCn3nc(C)c(Br)c3C)n2)c1. The second kappa shape index (κ2) is 9.26. The maximum Gasteiger partial charge on any atom is 0.271 e. The predicted octanol–water partition coefficient (Wildman–Crippen LogP) is 3.93. The third-order valence-corrected chi connectivity index (χ3v) is 5.84. The summed E-state index contributed by atoms with van der Waals surface area (Å²) >= 11 is 3.53. The van der Waals surface area contributed by atoms with Crippen molar-refractivity contribution in [2.24, 2.45) is 0 Å². The van der Waals surface area contributed by atoms with Crippen molar-refractivity contribution in [1.82, 2.24) is 24.9 Å². The standard InChI is InChI=1S/C21H26BrN5O2/c1-14-6-7-15(2)19(12-14)29-13-26-11-8-18(25-26)21(28)23-9-5-10-27-17(4)20(22)16(3)24-27/h6-8,11-12H,5,9-10,13H2,1-4H3,(H,23,28). The van der Waals surface area contributed by atoms with Crippen LogP contribution in [0.2, 0.25) is 0 Å². The molecule has 1 N–H and O–H groups in total. The summed E-state index contributed by atoms with van der Waals surface area (Å²) in [6, 6.07) is 7.76. The first-order chi connectivity index (χ1) is 13.8. The van der Waals surface area contributed by atoms with E-state index in [0.717, 1.165) is 45.7 Å². The first-order valence-corrected chi connectivity index (χ1v) is 10.4. The van der Waals surface area contributed by atoms with E-state index in [1.807, 2.05) is 50.6 Å². The third-order valence-electron chi connectivity index (χ3n) is 4.69. The van der Waals surface area contributed by atoms with Crippen LogP contribution in [-0.4, -0.2) is 32.0 Å². The van der Waals surface area contributed by atoms with Gasteiger partial charge >= 0.3 is 0 Å². The van der Waals surface area contributed by atoms with Crippen LogP contribution in [0.5, 0.6) is 5.75 Å². The maximum atomic E-state index is 12.3. The molecule has 1 amide bonds. The molecule has 29 heavy (non-hydrogen) atoms. The number of nitrogens with zero attached hydrogens (tertiary/aromatic N) is 4. The molecule has 1 aromatic carbocycles. The molecule has 2 heterocycles. The van der Waals surface area contributed by atoms with Gasteiger partial charge in [0.1, 0.15) is 11.4 Å². The number of carbonyl (C=O) groups is 1. The van der Waals surface area contributed by atoms with Gasteiger partial charge < -0.3 is 10.1 Å². The first-order valence-electron chi connectivity index (χ1n) is 9.56. The molecule has 0 aliphatic heterocycles. The lowest BCUT2D eigenvalue weighted by atomic mass is 10.1. The molecule has 3 rings (SSSR count). The number of amides is 1. The van der Waals surface area contributed by atoms with Crippen LogP contribution < -0.4 is 10.1 Å². The number of ether oxygens (including phenoxy) is 1. The van der Waals surface area contributed by atoms with Crippen LogP contribution in [0.25, 0.3) is 0 Å². The smallest absolute Gasteiger partial charge is 0.271 e. The number of hydrogen-bond acceptors (Lipinski definition) is 4. The monoisotopic (exact) mass is 459 g/mol. The van der Waals surface area contributed by atoms with E-state index >= 15 is 0 Å². The summed E-state index contributed by atoms with van der Waals surface area (Å²) < 4.78 is 10.4. The Labute approximate surface area is 179 Å². The van der Waals surface area contributed by atoms with E-state index in [1.165, 1.54) is 0 Å². The third kappa shape index (κ3) is 5.26. The van der Waals surface area contributed by atoms with Crippen LogP contribution in [-0.2, 0) is 13.3 Å². The van der Waals surface area contributed by atoms with Gasteiger partial charge in [-0.1, -0.05) is 12.1 Å². The van der Waals surface area contributed by atoms with Crippen molar-refractivity contribution in [2.75, 3.05) is 6.54 Å². The zero-order chi connectivity index (χ0) is 21.0. The molecule has 0 unspecified atom stereocenters. The number of aromatic nitrogens is 4. The minimum absolute atomic E-state index is 0.190. The Balaban J connectivity index is 1.46. The van der Waals surface area contributed by atoms with E-state index in [4.69, 9.17) is 4.74 Å². The average molecular weight is 460 g/mol. The summed E-state index contributed by atoms with van der Waals surface area (Å²) in [5.41, 5.74) is 4.65. The molecule has 0 fully saturated rings. The van der Waals surface area contributed by atoms with Gasteiger partial charge in [0.15, 0.2) is 6.73 Å². The van der Waals surface area contributed by atoms with E-state index in [0.29, 0.717) is 12.2 Å². The second-order valence-corrected chi connectivity index (χ2v) is 7.89. The number of aryl methyl sites for hydroxylation is 4. The van der Waals surface area contributed by atoms with Gasteiger partial charge in [-0.05, 0) is 73.3 Å². The minimum atomic E-state index is -0.190. The maximum absolute atomic E-state index is 12.3. The molecule has 0 spiro atoms. The number of benzene rings is 1. The van der Waals surface area contributed by atoms with Crippen molar-refractivity contribution in [1.29, 1.82) is 0 Å². The molecule has 8 heteroatoms. The predicted molar refractivity (Wildman–Crippen MR) is 115 cm³/mol. The Morgan fingerprint density at radius 2 is 1.97 bits per heavy atom. The highest BCUT2D eigenvalue weighted by atomic mass is 79.9. The Hall–Kier alpha value is -2.61. The lowest BCUT2D eigenvalue weighted by Crippen LogP contribution is -2.26. The zero-order valence-electron chi connectivity index (χ0n) is 17.2. The van der Waals surface area contributed by atoms with Crippen LogP contribution in [0.15, 0.2) is 34.9 Å². The lowest BCUT2D eigenvalue weighted by Gasteiger charge is -2.10. The van der Waals surface area contributed by atoms with Gasteiger partial charge in [-0.2, -0.15) is 10.2 Å². The number of rotatable bonds is 8. The molecule has 2 aromatic heterocycles. The number of nitrogens with one attached hydrogen (secondary N) is 1. The molecule has 0 bridgehead atoms. The summed E-state index contributed by atoms with van der Waals surface area (Å²) in [6.45, 7) is 9.57. The summed E-state index contributed by atoms with van der Waals surface area (Å²) in [5.74, 6) is 0.632. The Morgan fingerprint density at radius 3 is 2.69 bits per heavy atom. The quantitative estimate of drug-likeness (QED) is 0.517. The van der Waals surface area contributed by atoms with Crippen molar-refractivity contribution in [2.45, 2.75) is 47.4 Å². The van der Waals surface area contributed by atoms with Crippen molar-refractivity contribution >= 4 is 21.8 Å². The van der Waals surface area contributed by atoms with Crippen molar-refractivity contribution in [3.63, 3.8) is 0 Å². The van der Waals surface area contributed by atoms with E-state index in [2.05, 4.69) is 31.4 Å². The van der Waals surface area contributed by atoms with E-state index in [1.54, 1.807) is 16.9 Å². The molecule has 3 aromatic rings. The molecule has 0 saturated heterocycles. The van der Waals surface area contributed by atoms with Gasteiger partial charge in [0, 0.05) is 25.0 Å². The Kier molecular flexibility index (Phi) is 6.74. The fourth-order valence-corrected chi connectivity index (χ4v) is 3.25. The molecule has 7 nitrogen and oxygen atoms in total. The van der Waals surface area contributed by atoms with Gasteiger partial charge in [-0.25, -0.2) is 4.68 Å². The van der Waals surface area contributed by atoms with Gasteiger partial charge in [-0.15, -0.1) is 0 Å². The van der Waals surface area contributed by atoms with Crippen LogP contribution in [0.3, 0.4) is 0 Å². The second-order valence-electron chi connectivity index (χ2n) is 7.10. The molecular formula is C21H26BrN5O2.